The molecule has 0 atom stereocenters. The minimum absolute atomic E-state index is 0.136. The van der Waals surface area contributed by atoms with Gasteiger partial charge in [-0.25, -0.2) is 0 Å². The normalized spacial score (nSPS) is 11.1. The number of aromatic hydroxyl groups is 1. The molecule has 0 aliphatic carbocycles. The number of benzene rings is 2. The molecule has 0 heterocycles. The van der Waals surface area contributed by atoms with Gasteiger partial charge in [0.05, 0.1) is 21.1 Å². The van der Waals surface area contributed by atoms with Gasteiger partial charge in [-0.05, 0) is 12.1 Å². The van der Waals surface area contributed by atoms with Crippen molar-refractivity contribution < 1.29 is 28.1 Å². The number of nitro benzene ring substituents is 2. The third-order valence-corrected chi connectivity index (χ3v) is 2.98. The molecule has 24 heavy (non-hydrogen) atoms. The van der Waals surface area contributed by atoms with Crippen molar-refractivity contribution in [3.8, 4) is 5.75 Å². The second-order valence-electron chi connectivity index (χ2n) is 4.54. The van der Waals surface area contributed by atoms with Crippen LogP contribution in [0.25, 0.3) is 0 Å². The Morgan fingerprint density at radius 1 is 1.00 bits per heavy atom. The smallest absolute Gasteiger partial charge is 0.416 e. The van der Waals surface area contributed by atoms with Gasteiger partial charge in [-0.2, -0.15) is 13.2 Å². The molecule has 0 aliphatic heterocycles. The van der Waals surface area contributed by atoms with E-state index < -0.39 is 38.6 Å². The lowest BCUT2D eigenvalue weighted by Gasteiger charge is -2.12. The van der Waals surface area contributed by atoms with E-state index in [2.05, 4.69) is 5.32 Å². The molecule has 2 aromatic rings. The number of hydrogen-bond donors (Lipinski definition) is 2. The fraction of sp³-hybridized carbons (Fsp3) is 0.0769. The van der Waals surface area contributed by atoms with Gasteiger partial charge in [0.1, 0.15) is 5.75 Å². The molecule has 126 valence electrons. The van der Waals surface area contributed by atoms with E-state index in [1.54, 1.807) is 0 Å². The van der Waals surface area contributed by atoms with Crippen LogP contribution < -0.4 is 5.32 Å². The molecule has 2 rings (SSSR count). The van der Waals surface area contributed by atoms with Crippen LogP contribution in [-0.2, 0) is 6.18 Å². The Morgan fingerprint density at radius 2 is 1.50 bits per heavy atom. The molecule has 11 heteroatoms. The summed E-state index contributed by atoms with van der Waals surface area (Å²) in [6, 6.07) is 5.68. The van der Waals surface area contributed by atoms with Gasteiger partial charge in [0.2, 0.25) is 0 Å². The van der Waals surface area contributed by atoms with Gasteiger partial charge in [-0.1, -0.05) is 12.1 Å². The molecule has 0 bridgehead atoms. The van der Waals surface area contributed by atoms with E-state index in [4.69, 9.17) is 0 Å². The van der Waals surface area contributed by atoms with Gasteiger partial charge in [-0.3, -0.25) is 20.2 Å². The Labute approximate surface area is 131 Å². The van der Waals surface area contributed by atoms with Gasteiger partial charge >= 0.3 is 6.18 Å². The van der Waals surface area contributed by atoms with Crippen LogP contribution in [0.3, 0.4) is 0 Å². The molecule has 8 nitrogen and oxygen atoms in total. The number of para-hydroxylation sites is 2. The minimum Gasteiger partial charge on any atom is -0.506 e. The van der Waals surface area contributed by atoms with Crippen molar-refractivity contribution in [1.82, 2.24) is 0 Å². The average Bonchev–Trinajstić information content (AvgIpc) is 2.47. The molecule has 0 fully saturated rings. The Hall–Kier alpha value is -3.37. The van der Waals surface area contributed by atoms with Crippen LogP contribution in [0.1, 0.15) is 5.56 Å². The molecule has 0 aliphatic rings. The van der Waals surface area contributed by atoms with Crippen molar-refractivity contribution in [3.05, 3.63) is 62.2 Å². The fourth-order valence-corrected chi connectivity index (χ4v) is 1.91. The molecule has 0 spiro atoms. The molecule has 2 N–H and O–H groups in total. The van der Waals surface area contributed by atoms with Gasteiger partial charge in [0, 0.05) is 12.1 Å². The number of nitrogens with zero attached hydrogens (tertiary/aromatic N) is 2. The molecule has 0 saturated carbocycles. The highest BCUT2D eigenvalue weighted by molar-refractivity contribution is 5.81. The molecule has 0 unspecified atom stereocenters. The standard InChI is InChI=1S/C13H8F3N3O5/c14-13(15,16)7-5-9(18(21)22)12(10(6-7)19(23)24)17-8-3-1-2-4-11(8)20/h1-6,17,20H. The predicted octanol–water partition coefficient (Wildman–Crippen LogP) is 3.97. The van der Waals surface area contributed by atoms with Crippen molar-refractivity contribution in [1.29, 1.82) is 0 Å². The van der Waals surface area contributed by atoms with Crippen LogP contribution in [0.4, 0.5) is 35.9 Å². The minimum atomic E-state index is -5.00. The first-order valence-electron chi connectivity index (χ1n) is 6.20. The second-order valence-corrected chi connectivity index (χ2v) is 4.54. The van der Waals surface area contributed by atoms with Crippen molar-refractivity contribution in [2.75, 3.05) is 5.32 Å². The largest absolute Gasteiger partial charge is 0.506 e. The van der Waals surface area contributed by atoms with E-state index in [1.165, 1.54) is 24.3 Å². The molecule has 2 aromatic carbocycles. The summed E-state index contributed by atoms with van der Waals surface area (Å²) < 4.78 is 38.4. The molecular formula is C13H8F3N3O5. The first kappa shape index (κ1) is 17.0. The van der Waals surface area contributed by atoms with E-state index in [-0.39, 0.29) is 23.6 Å². The summed E-state index contributed by atoms with van der Waals surface area (Å²) in [7, 11) is 0. The Morgan fingerprint density at radius 3 is 1.92 bits per heavy atom. The lowest BCUT2D eigenvalue weighted by atomic mass is 10.1. The van der Waals surface area contributed by atoms with Crippen LogP contribution in [0.15, 0.2) is 36.4 Å². The molecule has 0 aromatic heterocycles. The summed E-state index contributed by atoms with van der Waals surface area (Å²) >= 11 is 0. The zero-order valence-electron chi connectivity index (χ0n) is 11.6. The lowest BCUT2D eigenvalue weighted by molar-refractivity contribution is -0.392. The fourth-order valence-electron chi connectivity index (χ4n) is 1.91. The number of rotatable bonds is 4. The maximum Gasteiger partial charge on any atom is 0.416 e. The maximum absolute atomic E-state index is 12.8. The quantitative estimate of drug-likeness (QED) is 0.492. The highest BCUT2D eigenvalue weighted by atomic mass is 19.4. The predicted molar refractivity (Wildman–Crippen MR) is 76.1 cm³/mol. The summed E-state index contributed by atoms with van der Waals surface area (Å²) in [4.78, 5) is 19.8. The number of phenolic OH excluding ortho intramolecular Hbond substituents is 1. The summed E-state index contributed by atoms with van der Waals surface area (Å²) in [6.45, 7) is 0. The average molecular weight is 343 g/mol. The third kappa shape index (κ3) is 3.34. The van der Waals surface area contributed by atoms with Crippen molar-refractivity contribution in [2.45, 2.75) is 6.18 Å². The third-order valence-electron chi connectivity index (χ3n) is 2.98. The van der Waals surface area contributed by atoms with E-state index in [1.807, 2.05) is 0 Å². The van der Waals surface area contributed by atoms with Gasteiger partial charge < -0.3 is 10.4 Å². The molecule has 0 saturated heterocycles. The topological polar surface area (TPSA) is 119 Å². The Bertz CT molecular complexity index is 788. The number of nitro groups is 2. The van der Waals surface area contributed by atoms with Crippen molar-refractivity contribution in [3.63, 3.8) is 0 Å². The van der Waals surface area contributed by atoms with Crippen molar-refractivity contribution >= 4 is 22.7 Å². The number of phenols is 1. The lowest BCUT2D eigenvalue weighted by Crippen LogP contribution is -2.09. The second kappa shape index (κ2) is 6.02. The van der Waals surface area contributed by atoms with Crippen LogP contribution >= 0.6 is 0 Å². The molecular weight excluding hydrogens is 335 g/mol. The van der Waals surface area contributed by atoms with Gasteiger partial charge in [-0.15, -0.1) is 0 Å². The van der Waals surface area contributed by atoms with Crippen LogP contribution in [0.2, 0.25) is 0 Å². The zero-order valence-corrected chi connectivity index (χ0v) is 11.6. The number of anilines is 2. The van der Waals surface area contributed by atoms with E-state index in [0.717, 1.165) is 0 Å². The van der Waals surface area contributed by atoms with Gasteiger partial charge in [0.15, 0.2) is 5.69 Å². The van der Waals surface area contributed by atoms with E-state index >= 15 is 0 Å². The number of hydrogen-bond acceptors (Lipinski definition) is 6. The zero-order chi connectivity index (χ0) is 18.1. The highest BCUT2D eigenvalue weighted by Crippen LogP contribution is 2.43. The number of halogens is 3. The Balaban J connectivity index is 2.71. The number of nitrogens with one attached hydrogen (secondary N) is 1. The molecule has 0 radical (unpaired) electrons. The summed E-state index contributed by atoms with van der Waals surface area (Å²) in [6.07, 6.45) is -5.00. The summed E-state index contributed by atoms with van der Waals surface area (Å²) in [5.74, 6) is -0.388. The van der Waals surface area contributed by atoms with E-state index in [0.29, 0.717) is 0 Å². The van der Waals surface area contributed by atoms with Gasteiger partial charge in [0.25, 0.3) is 11.4 Å². The van der Waals surface area contributed by atoms with Crippen LogP contribution in [0.5, 0.6) is 5.75 Å². The highest BCUT2D eigenvalue weighted by Gasteiger charge is 2.37. The first-order valence-corrected chi connectivity index (χ1v) is 6.20. The van der Waals surface area contributed by atoms with Crippen LogP contribution in [-0.4, -0.2) is 15.0 Å². The van der Waals surface area contributed by atoms with E-state index in [9.17, 15) is 38.5 Å². The molecule has 0 amide bonds. The summed E-state index contributed by atoms with van der Waals surface area (Å²) in [5.41, 5.74) is -4.70. The SMILES string of the molecule is O=[N+]([O-])c1cc(C(F)(F)F)cc([N+](=O)[O-])c1Nc1ccccc1O. The Kier molecular flexibility index (Phi) is 4.26. The maximum atomic E-state index is 12.8. The number of alkyl halides is 3. The first-order chi connectivity index (χ1) is 11.1. The van der Waals surface area contributed by atoms with Crippen LogP contribution in [0, 0.1) is 20.2 Å². The summed E-state index contributed by atoms with van der Waals surface area (Å²) in [5, 5.41) is 34.0. The van der Waals surface area contributed by atoms with Crippen molar-refractivity contribution in [2.24, 2.45) is 0 Å². The monoisotopic (exact) mass is 343 g/mol.